The lowest BCUT2D eigenvalue weighted by Gasteiger charge is -2.18. The Bertz CT molecular complexity index is 779. The molecule has 1 heterocycles. The monoisotopic (exact) mass is 314 g/mol. The van der Waals surface area contributed by atoms with Crippen molar-refractivity contribution >= 4 is 11.6 Å². The van der Waals surface area contributed by atoms with Crippen molar-refractivity contribution in [2.24, 2.45) is 5.92 Å². The quantitative estimate of drug-likeness (QED) is 0.887. The molecule has 0 amide bonds. The van der Waals surface area contributed by atoms with Crippen molar-refractivity contribution in [2.75, 3.05) is 0 Å². The Morgan fingerprint density at radius 2 is 2.00 bits per heavy atom. The number of benzene rings is 1. The average molecular weight is 315 g/mol. The molecule has 0 fully saturated rings. The van der Waals surface area contributed by atoms with Crippen molar-refractivity contribution in [3.05, 3.63) is 56.5 Å². The SMILES string of the molecule is CCCc1[nH][nH]c(=O)c1[C@H](c1cccc(Cl)c1)C(C#N)C#N. The van der Waals surface area contributed by atoms with Gasteiger partial charge in [0.05, 0.1) is 12.1 Å². The van der Waals surface area contributed by atoms with E-state index in [2.05, 4.69) is 10.2 Å². The maximum atomic E-state index is 12.2. The molecule has 112 valence electrons. The molecule has 0 saturated carbocycles. The second kappa shape index (κ2) is 6.98. The predicted octanol–water partition coefficient (Wildman–Crippen LogP) is 3.10. The van der Waals surface area contributed by atoms with Crippen molar-refractivity contribution < 1.29 is 0 Å². The molecule has 1 aromatic heterocycles. The highest BCUT2D eigenvalue weighted by atomic mass is 35.5. The summed E-state index contributed by atoms with van der Waals surface area (Å²) in [5, 5.41) is 24.5. The van der Waals surface area contributed by atoms with Crippen LogP contribution in [-0.2, 0) is 6.42 Å². The summed E-state index contributed by atoms with van der Waals surface area (Å²) in [6, 6.07) is 10.9. The Labute approximate surface area is 133 Å². The second-order valence-electron chi connectivity index (χ2n) is 4.99. The number of hydrogen-bond acceptors (Lipinski definition) is 3. The lowest BCUT2D eigenvalue weighted by atomic mass is 9.81. The smallest absolute Gasteiger partial charge is 0.268 e. The molecule has 0 aliphatic heterocycles. The van der Waals surface area contributed by atoms with E-state index in [1.54, 1.807) is 24.3 Å². The highest BCUT2D eigenvalue weighted by Crippen LogP contribution is 2.33. The van der Waals surface area contributed by atoms with E-state index in [1.807, 2.05) is 19.1 Å². The first-order valence-electron chi connectivity index (χ1n) is 6.96. The maximum absolute atomic E-state index is 12.2. The van der Waals surface area contributed by atoms with E-state index in [-0.39, 0.29) is 5.56 Å². The zero-order valence-corrected chi connectivity index (χ0v) is 12.8. The summed E-state index contributed by atoms with van der Waals surface area (Å²) in [5.74, 6) is -1.60. The van der Waals surface area contributed by atoms with Crippen LogP contribution in [0.3, 0.4) is 0 Å². The average Bonchev–Trinajstić information content (AvgIpc) is 2.86. The zero-order chi connectivity index (χ0) is 16.1. The van der Waals surface area contributed by atoms with Gasteiger partial charge in [-0.3, -0.25) is 9.89 Å². The molecule has 0 aliphatic rings. The van der Waals surface area contributed by atoms with Crippen molar-refractivity contribution in [3.63, 3.8) is 0 Å². The van der Waals surface area contributed by atoms with Gasteiger partial charge in [-0.1, -0.05) is 37.1 Å². The van der Waals surface area contributed by atoms with Gasteiger partial charge >= 0.3 is 0 Å². The number of nitrogens with one attached hydrogen (secondary N) is 2. The van der Waals surface area contributed by atoms with Crippen LogP contribution < -0.4 is 5.56 Å². The lowest BCUT2D eigenvalue weighted by molar-refractivity contribution is 0.692. The summed E-state index contributed by atoms with van der Waals surface area (Å²) >= 11 is 6.02. The van der Waals surface area contributed by atoms with Crippen molar-refractivity contribution in [3.8, 4) is 12.1 Å². The van der Waals surface area contributed by atoms with Gasteiger partial charge in [-0.2, -0.15) is 10.5 Å². The third kappa shape index (κ3) is 3.05. The summed E-state index contributed by atoms with van der Waals surface area (Å²) in [6.07, 6.45) is 1.50. The van der Waals surface area contributed by atoms with Crippen LogP contribution in [0.4, 0.5) is 0 Å². The van der Waals surface area contributed by atoms with Gasteiger partial charge in [0.2, 0.25) is 0 Å². The number of aromatic nitrogens is 2. The molecule has 6 heteroatoms. The van der Waals surface area contributed by atoms with Gasteiger partial charge in [-0.15, -0.1) is 0 Å². The van der Waals surface area contributed by atoms with Crippen molar-refractivity contribution in [2.45, 2.75) is 25.7 Å². The standard InChI is InChI=1S/C16H15ClN4O/c1-2-4-13-15(16(22)21-20-13)14(11(8-18)9-19)10-5-3-6-12(17)7-10/h3,5-7,11,14H,2,4H2,1H3,(H2,20,21,22)/t14-/m1/s1. The van der Waals surface area contributed by atoms with Gasteiger partial charge in [-0.05, 0) is 24.1 Å². The van der Waals surface area contributed by atoms with Crippen LogP contribution in [0, 0.1) is 28.6 Å². The topological polar surface area (TPSA) is 96.2 Å². The maximum Gasteiger partial charge on any atom is 0.268 e. The third-order valence-electron chi connectivity index (χ3n) is 3.53. The van der Waals surface area contributed by atoms with E-state index in [1.165, 1.54) is 0 Å². The number of nitrogens with zero attached hydrogens (tertiary/aromatic N) is 2. The molecule has 0 spiro atoms. The van der Waals surface area contributed by atoms with Crippen LogP contribution in [0.5, 0.6) is 0 Å². The number of nitriles is 2. The molecule has 1 atom stereocenters. The first-order chi connectivity index (χ1) is 10.6. The van der Waals surface area contributed by atoms with E-state index in [0.717, 1.165) is 12.1 Å². The summed E-state index contributed by atoms with van der Waals surface area (Å²) in [5.41, 5.74) is 1.55. The number of halogens is 1. The van der Waals surface area contributed by atoms with E-state index in [9.17, 15) is 15.3 Å². The Morgan fingerprint density at radius 1 is 1.27 bits per heavy atom. The molecule has 0 saturated heterocycles. The third-order valence-corrected chi connectivity index (χ3v) is 3.76. The number of rotatable bonds is 5. The normalized spacial score (nSPS) is 11.9. The number of H-pyrrole nitrogens is 2. The second-order valence-corrected chi connectivity index (χ2v) is 5.43. The van der Waals surface area contributed by atoms with Crippen LogP contribution in [0.25, 0.3) is 0 Å². The summed E-state index contributed by atoms with van der Waals surface area (Å²) < 4.78 is 0. The van der Waals surface area contributed by atoms with Crippen LogP contribution in [0.2, 0.25) is 5.02 Å². The fraction of sp³-hybridized carbons (Fsp3) is 0.312. The fourth-order valence-electron chi connectivity index (χ4n) is 2.58. The van der Waals surface area contributed by atoms with Gasteiger partial charge in [-0.25, -0.2) is 0 Å². The molecule has 0 bridgehead atoms. The molecule has 0 unspecified atom stereocenters. The van der Waals surface area contributed by atoms with E-state index < -0.39 is 11.8 Å². The van der Waals surface area contributed by atoms with Gasteiger partial charge in [0.1, 0.15) is 5.92 Å². The highest BCUT2D eigenvalue weighted by Gasteiger charge is 2.30. The minimum Gasteiger partial charge on any atom is -0.302 e. The van der Waals surface area contributed by atoms with E-state index in [4.69, 9.17) is 11.6 Å². The van der Waals surface area contributed by atoms with E-state index in [0.29, 0.717) is 22.6 Å². The Kier molecular flexibility index (Phi) is 5.04. The number of hydrogen-bond donors (Lipinski definition) is 2. The molecule has 5 nitrogen and oxygen atoms in total. The Morgan fingerprint density at radius 3 is 2.59 bits per heavy atom. The first kappa shape index (κ1) is 15.9. The molecule has 2 N–H and O–H groups in total. The number of aromatic amines is 2. The van der Waals surface area contributed by atoms with E-state index >= 15 is 0 Å². The summed E-state index contributed by atoms with van der Waals surface area (Å²) in [7, 11) is 0. The highest BCUT2D eigenvalue weighted by molar-refractivity contribution is 6.30. The molecule has 22 heavy (non-hydrogen) atoms. The molecular weight excluding hydrogens is 300 g/mol. The molecule has 0 aliphatic carbocycles. The van der Waals surface area contributed by atoms with Crippen LogP contribution >= 0.6 is 11.6 Å². The van der Waals surface area contributed by atoms with Crippen molar-refractivity contribution in [1.82, 2.24) is 10.2 Å². The molecule has 1 aromatic carbocycles. The van der Waals surface area contributed by atoms with Gasteiger partial charge < -0.3 is 5.10 Å². The van der Waals surface area contributed by atoms with Crippen LogP contribution in [-0.4, -0.2) is 10.2 Å². The largest absolute Gasteiger partial charge is 0.302 e. The molecular formula is C16H15ClN4O. The van der Waals surface area contributed by atoms with Crippen LogP contribution in [0.15, 0.2) is 29.1 Å². The lowest BCUT2D eigenvalue weighted by Crippen LogP contribution is -2.20. The van der Waals surface area contributed by atoms with Crippen molar-refractivity contribution in [1.29, 1.82) is 10.5 Å². The summed E-state index contributed by atoms with van der Waals surface area (Å²) in [4.78, 5) is 12.2. The Hall–Kier alpha value is -2.50. The molecule has 2 rings (SSSR count). The predicted molar refractivity (Wildman–Crippen MR) is 83.4 cm³/mol. The summed E-state index contributed by atoms with van der Waals surface area (Å²) in [6.45, 7) is 2.00. The fourth-order valence-corrected chi connectivity index (χ4v) is 2.78. The van der Waals surface area contributed by atoms with Gasteiger partial charge in [0.25, 0.3) is 5.56 Å². The minimum atomic E-state index is -0.967. The molecule has 2 aromatic rings. The minimum absolute atomic E-state index is 0.302. The Balaban J connectivity index is 2.65. The number of aryl methyl sites for hydroxylation is 1. The van der Waals surface area contributed by atoms with Gasteiger partial charge in [0.15, 0.2) is 0 Å². The first-order valence-corrected chi connectivity index (χ1v) is 7.34. The van der Waals surface area contributed by atoms with Crippen LogP contribution in [0.1, 0.15) is 36.1 Å². The molecule has 0 radical (unpaired) electrons. The zero-order valence-electron chi connectivity index (χ0n) is 12.1. The van der Waals surface area contributed by atoms with Gasteiger partial charge in [0, 0.05) is 22.2 Å².